The Labute approximate surface area is 149 Å². The van der Waals surface area contributed by atoms with Crippen molar-refractivity contribution in [3.8, 4) is 0 Å². The van der Waals surface area contributed by atoms with E-state index in [4.69, 9.17) is 14.2 Å². The second-order valence-electron chi connectivity index (χ2n) is 6.92. The topological polar surface area (TPSA) is 166 Å². The molecular formula is C16H24O10. The highest BCUT2D eigenvalue weighted by atomic mass is 16.8. The van der Waals surface area contributed by atoms with Gasteiger partial charge in [0.25, 0.3) is 0 Å². The van der Waals surface area contributed by atoms with Crippen LogP contribution in [0.2, 0.25) is 0 Å². The van der Waals surface area contributed by atoms with Crippen molar-refractivity contribution < 1.29 is 49.6 Å². The van der Waals surface area contributed by atoms with Gasteiger partial charge in [-0.3, -0.25) is 0 Å². The average molecular weight is 376 g/mol. The summed E-state index contributed by atoms with van der Waals surface area (Å²) in [6, 6.07) is 0. The van der Waals surface area contributed by atoms with E-state index in [1.165, 1.54) is 0 Å². The van der Waals surface area contributed by atoms with Crippen molar-refractivity contribution in [2.45, 2.75) is 49.8 Å². The summed E-state index contributed by atoms with van der Waals surface area (Å²) >= 11 is 0. The second-order valence-corrected chi connectivity index (χ2v) is 6.92. The summed E-state index contributed by atoms with van der Waals surface area (Å²) in [5.41, 5.74) is 0.0969. The molecule has 10 nitrogen and oxygen atoms in total. The Morgan fingerprint density at radius 3 is 2.42 bits per heavy atom. The highest BCUT2D eigenvalue weighted by molar-refractivity contribution is 5.87. The Bertz CT molecular complexity index is 549. The van der Waals surface area contributed by atoms with Crippen LogP contribution in [0.4, 0.5) is 0 Å². The van der Waals surface area contributed by atoms with Gasteiger partial charge in [0.1, 0.15) is 24.4 Å². The number of ether oxygens (including phenoxy) is 3. The first-order valence-electron chi connectivity index (χ1n) is 8.54. The van der Waals surface area contributed by atoms with Gasteiger partial charge < -0.3 is 44.8 Å². The highest BCUT2D eigenvalue weighted by Crippen LogP contribution is 2.47. The van der Waals surface area contributed by atoms with Crippen LogP contribution in [-0.2, 0) is 19.0 Å². The van der Waals surface area contributed by atoms with Crippen LogP contribution in [0.1, 0.15) is 12.8 Å². The van der Waals surface area contributed by atoms with Gasteiger partial charge in [0.05, 0.1) is 18.4 Å². The molecular weight excluding hydrogens is 352 g/mol. The van der Waals surface area contributed by atoms with Crippen LogP contribution in [0.25, 0.3) is 0 Å². The van der Waals surface area contributed by atoms with E-state index in [1.807, 2.05) is 0 Å². The minimum absolute atomic E-state index is 0.0969. The number of carboxylic acid groups (broad SMARTS) is 1. The molecule has 1 aliphatic carbocycles. The smallest absolute Gasteiger partial charge is 0.334 e. The first kappa shape index (κ1) is 19.5. The molecule has 2 fully saturated rings. The Morgan fingerprint density at radius 1 is 1.08 bits per heavy atom. The summed E-state index contributed by atoms with van der Waals surface area (Å²) in [7, 11) is 0. The Morgan fingerprint density at radius 2 is 1.81 bits per heavy atom. The van der Waals surface area contributed by atoms with Crippen LogP contribution in [0.5, 0.6) is 0 Å². The quantitative estimate of drug-likeness (QED) is 0.309. The lowest BCUT2D eigenvalue weighted by Crippen LogP contribution is -2.60. The fourth-order valence-corrected chi connectivity index (χ4v) is 4.06. The van der Waals surface area contributed by atoms with Gasteiger partial charge in [-0.15, -0.1) is 0 Å². The molecule has 0 aromatic heterocycles. The van der Waals surface area contributed by atoms with Gasteiger partial charge in [-0.25, -0.2) is 4.79 Å². The Kier molecular flexibility index (Phi) is 5.82. The molecule has 0 bridgehead atoms. The monoisotopic (exact) mass is 376 g/mol. The standard InChI is InChI=1S/C16H24O10/c17-3-6-1-2-7-8(14(22)23)5-24-15(10(6)7)26-16-13(21)12(20)11(19)9(4-18)25-16/h5-7,9-13,15-21H,1-4H2,(H,22,23)/t6?,7-,9?,10-,11?,12?,13?,15?,16?/m1/s1. The molecule has 10 heteroatoms. The molecule has 3 aliphatic rings. The van der Waals surface area contributed by atoms with E-state index in [-0.39, 0.29) is 24.0 Å². The molecule has 3 rings (SSSR count). The van der Waals surface area contributed by atoms with E-state index in [1.54, 1.807) is 0 Å². The van der Waals surface area contributed by atoms with Gasteiger partial charge in [-0.05, 0) is 18.8 Å². The SMILES string of the molecule is O=C(O)C1=COC(OC2OC(CO)C(O)C(O)C2O)[C@@H]2C(CO)CC[C@H]12. The number of carboxylic acids is 1. The number of rotatable bonds is 5. The number of aliphatic carboxylic acids is 1. The molecule has 0 radical (unpaired) electrons. The van der Waals surface area contributed by atoms with E-state index in [9.17, 15) is 35.4 Å². The molecule has 0 amide bonds. The second kappa shape index (κ2) is 7.77. The molecule has 1 saturated heterocycles. The van der Waals surface area contributed by atoms with E-state index >= 15 is 0 Å². The lowest BCUT2D eigenvalue weighted by molar-refractivity contribution is -0.342. The Balaban J connectivity index is 1.79. The van der Waals surface area contributed by atoms with E-state index < -0.39 is 55.5 Å². The normalized spacial score (nSPS) is 45.6. The maximum absolute atomic E-state index is 11.4. The van der Waals surface area contributed by atoms with E-state index in [0.717, 1.165) is 6.26 Å². The summed E-state index contributed by atoms with van der Waals surface area (Å²) in [5, 5.41) is 57.9. The maximum Gasteiger partial charge on any atom is 0.334 e. The average Bonchev–Trinajstić information content (AvgIpc) is 3.06. The molecule has 0 aromatic carbocycles. The number of hydrogen-bond acceptors (Lipinski definition) is 9. The molecule has 7 unspecified atom stereocenters. The molecule has 2 heterocycles. The zero-order valence-electron chi connectivity index (χ0n) is 13.9. The van der Waals surface area contributed by atoms with Gasteiger partial charge in [0.2, 0.25) is 6.29 Å². The molecule has 9 atom stereocenters. The van der Waals surface area contributed by atoms with E-state index in [0.29, 0.717) is 12.8 Å². The zero-order chi connectivity index (χ0) is 19.0. The third kappa shape index (κ3) is 3.33. The fourth-order valence-electron chi connectivity index (χ4n) is 4.06. The molecule has 1 saturated carbocycles. The minimum atomic E-state index is -1.59. The van der Waals surface area contributed by atoms with Crippen molar-refractivity contribution in [3.05, 3.63) is 11.8 Å². The van der Waals surface area contributed by atoms with Crippen molar-refractivity contribution in [1.82, 2.24) is 0 Å². The maximum atomic E-state index is 11.4. The summed E-state index contributed by atoms with van der Waals surface area (Å²) in [6.07, 6.45) is -5.98. The number of aliphatic hydroxyl groups excluding tert-OH is 5. The van der Waals surface area contributed by atoms with Gasteiger partial charge >= 0.3 is 5.97 Å². The molecule has 0 spiro atoms. The van der Waals surface area contributed by atoms with Crippen LogP contribution in [0, 0.1) is 17.8 Å². The van der Waals surface area contributed by atoms with Crippen LogP contribution in [-0.4, -0.2) is 86.8 Å². The number of carbonyl (C=O) groups is 1. The highest BCUT2D eigenvalue weighted by Gasteiger charge is 2.51. The van der Waals surface area contributed by atoms with Gasteiger partial charge in [-0.2, -0.15) is 0 Å². The summed E-state index contributed by atoms with van der Waals surface area (Å²) < 4.78 is 16.4. The third-order valence-electron chi connectivity index (χ3n) is 5.50. The van der Waals surface area contributed by atoms with E-state index in [2.05, 4.69) is 0 Å². The van der Waals surface area contributed by atoms with Crippen LogP contribution in [0.3, 0.4) is 0 Å². The van der Waals surface area contributed by atoms with Crippen LogP contribution >= 0.6 is 0 Å². The molecule has 26 heavy (non-hydrogen) atoms. The lowest BCUT2D eigenvalue weighted by Gasteiger charge is -2.43. The Hall–Kier alpha value is -1.27. The predicted molar refractivity (Wildman–Crippen MR) is 82.2 cm³/mol. The zero-order valence-corrected chi connectivity index (χ0v) is 13.9. The van der Waals surface area contributed by atoms with Crippen molar-refractivity contribution in [3.63, 3.8) is 0 Å². The summed E-state index contributed by atoms with van der Waals surface area (Å²) in [6.45, 7) is -0.767. The molecule has 0 aromatic rings. The first-order valence-corrected chi connectivity index (χ1v) is 8.54. The summed E-state index contributed by atoms with van der Waals surface area (Å²) in [4.78, 5) is 11.4. The summed E-state index contributed by atoms with van der Waals surface area (Å²) in [5.74, 6) is -2.21. The van der Waals surface area contributed by atoms with Crippen LogP contribution < -0.4 is 0 Å². The lowest BCUT2D eigenvalue weighted by atomic mass is 9.83. The predicted octanol–water partition coefficient (Wildman–Crippen LogP) is -2.24. The van der Waals surface area contributed by atoms with Crippen molar-refractivity contribution in [2.75, 3.05) is 13.2 Å². The number of fused-ring (bicyclic) bond motifs is 1. The van der Waals surface area contributed by atoms with Gasteiger partial charge in [-0.1, -0.05) is 0 Å². The third-order valence-corrected chi connectivity index (χ3v) is 5.50. The van der Waals surface area contributed by atoms with Crippen molar-refractivity contribution >= 4 is 5.97 Å². The van der Waals surface area contributed by atoms with Gasteiger partial charge in [0, 0.05) is 18.4 Å². The molecule has 2 aliphatic heterocycles. The molecule has 148 valence electrons. The minimum Gasteiger partial charge on any atom is -0.478 e. The van der Waals surface area contributed by atoms with Gasteiger partial charge in [0.15, 0.2) is 6.29 Å². The number of hydrogen-bond donors (Lipinski definition) is 6. The van der Waals surface area contributed by atoms with Crippen molar-refractivity contribution in [2.24, 2.45) is 17.8 Å². The number of aliphatic hydroxyl groups is 5. The fraction of sp³-hybridized carbons (Fsp3) is 0.812. The van der Waals surface area contributed by atoms with Crippen molar-refractivity contribution in [1.29, 1.82) is 0 Å². The van der Waals surface area contributed by atoms with Crippen LogP contribution in [0.15, 0.2) is 11.8 Å². The molecule has 6 N–H and O–H groups in total. The largest absolute Gasteiger partial charge is 0.478 e. The first-order chi connectivity index (χ1) is 12.4.